The van der Waals surface area contributed by atoms with Gasteiger partial charge in [-0.25, -0.2) is 0 Å². The molecular weight excluding hydrogens is 254 g/mol. The standard InChI is InChI=1S/C16H17NOS/c17-9-10-18-16-13-6-2-1-5-12(13)11-19-15-8-4-3-7-14(15)16/h1-8,16H,9-11,17H2. The Labute approximate surface area is 118 Å². The van der Waals surface area contributed by atoms with Crippen molar-refractivity contribution in [1.29, 1.82) is 0 Å². The number of hydrogen-bond acceptors (Lipinski definition) is 3. The van der Waals surface area contributed by atoms with Gasteiger partial charge < -0.3 is 10.5 Å². The molecule has 0 radical (unpaired) electrons. The fraction of sp³-hybridized carbons (Fsp3) is 0.250. The first-order valence-electron chi connectivity index (χ1n) is 6.51. The molecule has 0 spiro atoms. The number of hydrogen-bond donors (Lipinski definition) is 1. The Bertz CT molecular complexity index is 523. The van der Waals surface area contributed by atoms with Crippen LogP contribution in [0.1, 0.15) is 22.8 Å². The second kappa shape index (κ2) is 5.78. The molecule has 0 aromatic heterocycles. The summed E-state index contributed by atoms with van der Waals surface area (Å²) in [6, 6.07) is 17.0. The summed E-state index contributed by atoms with van der Waals surface area (Å²) >= 11 is 1.88. The van der Waals surface area contributed by atoms with Crippen molar-refractivity contribution in [2.75, 3.05) is 13.2 Å². The average molecular weight is 271 g/mol. The summed E-state index contributed by atoms with van der Waals surface area (Å²) in [4.78, 5) is 1.31. The topological polar surface area (TPSA) is 35.2 Å². The van der Waals surface area contributed by atoms with Crippen molar-refractivity contribution >= 4 is 11.8 Å². The SMILES string of the molecule is NCCOC1c2ccccc2CSc2ccccc21. The van der Waals surface area contributed by atoms with Gasteiger partial charge in [-0.15, -0.1) is 11.8 Å². The van der Waals surface area contributed by atoms with Crippen LogP contribution in [0.4, 0.5) is 0 Å². The molecule has 1 unspecified atom stereocenters. The van der Waals surface area contributed by atoms with Gasteiger partial charge in [-0.05, 0) is 22.8 Å². The van der Waals surface area contributed by atoms with Gasteiger partial charge in [0.05, 0.1) is 6.61 Å². The van der Waals surface area contributed by atoms with Crippen LogP contribution in [0, 0.1) is 0 Å². The van der Waals surface area contributed by atoms with Crippen LogP contribution >= 0.6 is 11.8 Å². The zero-order valence-electron chi connectivity index (χ0n) is 10.7. The van der Waals surface area contributed by atoms with Gasteiger partial charge in [-0.3, -0.25) is 0 Å². The zero-order chi connectivity index (χ0) is 13.1. The van der Waals surface area contributed by atoms with E-state index in [9.17, 15) is 0 Å². The van der Waals surface area contributed by atoms with Crippen LogP contribution in [0.5, 0.6) is 0 Å². The van der Waals surface area contributed by atoms with Crippen molar-refractivity contribution in [2.45, 2.75) is 16.8 Å². The van der Waals surface area contributed by atoms with Crippen LogP contribution in [0.15, 0.2) is 53.4 Å². The molecule has 1 atom stereocenters. The number of thioether (sulfide) groups is 1. The molecule has 98 valence electrons. The molecule has 19 heavy (non-hydrogen) atoms. The van der Waals surface area contributed by atoms with E-state index >= 15 is 0 Å². The van der Waals surface area contributed by atoms with Gasteiger partial charge in [0.2, 0.25) is 0 Å². The molecule has 2 aromatic carbocycles. The molecule has 0 aliphatic carbocycles. The Hall–Kier alpha value is -1.29. The van der Waals surface area contributed by atoms with E-state index in [1.54, 1.807) is 0 Å². The Kier molecular flexibility index (Phi) is 3.87. The van der Waals surface area contributed by atoms with Crippen molar-refractivity contribution < 1.29 is 4.74 Å². The molecule has 0 saturated carbocycles. The van der Waals surface area contributed by atoms with Crippen LogP contribution in [0.2, 0.25) is 0 Å². The molecule has 2 N–H and O–H groups in total. The van der Waals surface area contributed by atoms with E-state index in [0.29, 0.717) is 13.2 Å². The van der Waals surface area contributed by atoms with E-state index in [1.807, 2.05) is 11.8 Å². The summed E-state index contributed by atoms with van der Waals surface area (Å²) in [5, 5.41) is 0. The Morgan fingerprint density at radius 3 is 2.63 bits per heavy atom. The first-order chi connectivity index (χ1) is 9.40. The highest BCUT2D eigenvalue weighted by Gasteiger charge is 2.23. The van der Waals surface area contributed by atoms with Crippen LogP contribution in [-0.4, -0.2) is 13.2 Å². The smallest absolute Gasteiger partial charge is 0.109 e. The van der Waals surface area contributed by atoms with Crippen molar-refractivity contribution in [3.63, 3.8) is 0 Å². The molecule has 0 bridgehead atoms. The van der Waals surface area contributed by atoms with Crippen LogP contribution < -0.4 is 5.73 Å². The number of nitrogens with two attached hydrogens (primary N) is 1. The molecule has 3 heteroatoms. The highest BCUT2D eigenvalue weighted by atomic mass is 32.2. The molecular formula is C16H17NOS. The van der Waals surface area contributed by atoms with Gasteiger partial charge in [0.1, 0.15) is 6.10 Å². The number of ether oxygens (including phenoxy) is 1. The molecule has 1 aliphatic rings. The monoisotopic (exact) mass is 271 g/mol. The number of fused-ring (bicyclic) bond motifs is 2. The van der Waals surface area contributed by atoms with E-state index in [-0.39, 0.29) is 6.10 Å². The fourth-order valence-electron chi connectivity index (χ4n) is 2.44. The molecule has 1 heterocycles. The summed E-state index contributed by atoms with van der Waals surface area (Å²) < 4.78 is 6.03. The van der Waals surface area contributed by atoms with Crippen molar-refractivity contribution in [2.24, 2.45) is 5.73 Å². The molecule has 1 aliphatic heterocycles. The third-order valence-electron chi connectivity index (χ3n) is 3.32. The van der Waals surface area contributed by atoms with Gasteiger partial charge in [0, 0.05) is 17.2 Å². The number of rotatable bonds is 3. The fourth-order valence-corrected chi connectivity index (χ4v) is 3.53. The maximum absolute atomic E-state index is 6.03. The first kappa shape index (κ1) is 12.7. The first-order valence-corrected chi connectivity index (χ1v) is 7.50. The summed E-state index contributed by atoms with van der Waals surface area (Å²) in [7, 11) is 0. The van der Waals surface area contributed by atoms with Crippen LogP contribution in [0.3, 0.4) is 0 Å². The molecule has 0 fully saturated rings. The summed E-state index contributed by atoms with van der Waals surface area (Å²) in [6.45, 7) is 1.13. The van der Waals surface area contributed by atoms with Crippen LogP contribution in [0.25, 0.3) is 0 Å². The van der Waals surface area contributed by atoms with Crippen molar-refractivity contribution in [3.05, 3.63) is 65.2 Å². The summed E-state index contributed by atoms with van der Waals surface area (Å²) in [5.41, 5.74) is 9.47. The van der Waals surface area contributed by atoms with Crippen molar-refractivity contribution in [3.8, 4) is 0 Å². The predicted molar refractivity (Wildman–Crippen MR) is 79.3 cm³/mol. The predicted octanol–water partition coefficient (Wildman–Crippen LogP) is 3.36. The zero-order valence-corrected chi connectivity index (χ0v) is 11.5. The lowest BCUT2D eigenvalue weighted by Gasteiger charge is -2.20. The largest absolute Gasteiger partial charge is 0.367 e. The Morgan fingerprint density at radius 1 is 1.05 bits per heavy atom. The lowest BCUT2D eigenvalue weighted by Crippen LogP contribution is -2.14. The second-order valence-electron chi connectivity index (χ2n) is 4.56. The molecule has 3 rings (SSSR count). The van der Waals surface area contributed by atoms with E-state index in [1.165, 1.54) is 21.6 Å². The third kappa shape index (κ3) is 2.54. The second-order valence-corrected chi connectivity index (χ2v) is 5.58. The lowest BCUT2D eigenvalue weighted by molar-refractivity contribution is 0.0845. The molecule has 2 nitrogen and oxygen atoms in total. The highest BCUT2D eigenvalue weighted by molar-refractivity contribution is 7.98. The van der Waals surface area contributed by atoms with E-state index in [2.05, 4.69) is 48.5 Å². The molecule has 0 amide bonds. The van der Waals surface area contributed by atoms with Gasteiger partial charge in [-0.2, -0.15) is 0 Å². The van der Waals surface area contributed by atoms with Crippen molar-refractivity contribution in [1.82, 2.24) is 0 Å². The molecule has 0 saturated heterocycles. The number of benzene rings is 2. The minimum atomic E-state index is 0.00551. The third-order valence-corrected chi connectivity index (χ3v) is 4.46. The molecule has 2 aromatic rings. The minimum absolute atomic E-state index is 0.00551. The lowest BCUT2D eigenvalue weighted by atomic mass is 9.97. The van der Waals surface area contributed by atoms with E-state index in [4.69, 9.17) is 10.5 Å². The maximum Gasteiger partial charge on any atom is 0.109 e. The van der Waals surface area contributed by atoms with E-state index < -0.39 is 0 Å². The quantitative estimate of drug-likeness (QED) is 0.929. The van der Waals surface area contributed by atoms with Gasteiger partial charge in [-0.1, -0.05) is 42.5 Å². The summed E-state index contributed by atoms with van der Waals surface area (Å²) in [6.07, 6.45) is 0.00551. The van der Waals surface area contributed by atoms with Gasteiger partial charge >= 0.3 is 0 Å². The van der Waals surface area contributed by atoms with E-state index in [0.717, 1.165) is 5.75 Å². The Morgan fingerprint density at radius 2 is 1.79 bits per heavy atom. The minimum Gasteiger partial charge on any atom is -0.367 e. The van der Waals surface area contributed by atoms with Gasteiger partial charge in [0.15, 0.2) is 0 Å². The Balaban J connectivity index is 2.08. The van der Waals surface area contributed by atoms with Gasteiger partial charge in [0.25, 0.3) is 0 Å². The highest BCUT2D eigenvalue weighted by Crippen LogP contribution is 2.40. The normalized spacial score (nSPS) is 17.4. The summed E-state index contributed by atoms with van der Waals surface area (Å²) in [5.74, 6) is 0.996. The maximum atomic E-state index is 6.03. The van der Waals surface area contributed by atoms with Crippen LogP contribution in [-0.2, 0) is 10.5 Å². The average Bonchev–Trinajstić information content (AvgIpc) is 2.62.